The Labute approximate surface area is 181 Å². The van der Waals surface area contributed by atoms with Crippen molar-refractivity contribution in [3.63, 3.8) is 0 Å². The molecule has 0 spiro atoms. The summed E-state index contributed by atoms with van der Waals surface area (Å²) in [6, 6.07) is 17.3. The summed E-state index contributed by atoms with van der Waals surface area (Å²) in [7, 11) is 0. The SMILES string of the molecule is Cc1ccccc1-c1nnc(-c2ccc(C(=O)N(CCC#N)C3CCOCC3)cc2)o1. The van der Waals surface area contributed by atoms with E-state index in [1.54, 1.807) is 12.1 Å². The van der Waals surface area contributed by atoms with Gasteiger partial charge in [-0.15, -0.1) is 10.2 Å². The highest BCUT2D eigenvalue weighted by atomic mass is 16.5. The number of hydrogen-bond acceptors (Lipinski definition) is 6. The van der Waals surface area contributed by atoms with E-state index in [0.29, 0.717) is 43.5 Å². The Morgan fingerprint density at radius 1 is 1.10 bits per heavy atom. The number of carbonyl (C=O) groups is 1. The van der Waals surface area contributed by atoms with Gasteiger partial charge in [-0.2, -0.15) is 5.26 Å². The molecule has 2 heterocycles. The molecule has 7 heteroatoms. The van der Waals surface area contributed by atoms with Crippen molar-refractivity contribution < 1.29 is 13.9 Å². The van der Waals surface area contributed by atoms with Crippen LogP contribution in [0.1, 0.15) is 35.2 Å². The molecular weight excluding hydrogens is 392 g/mol. The van der Waals surface area contributed by atoms with Gasteiger partial charge in [-0.3, -0.25) is 4.79 Å². The second-order valence-corrected chi connectivity index (χ2v) is 7.55. The third-order valence-electron chi connectivity index (χ3n) is 5.54. The lowest BCUT2D eigenvalue weighted by Gasteiger charge is -2.34. The van der Waals surface area contributed by atoms with E-state index in [-0.39, 0.29) is 11.9 Å². The van der Waals surface area contributed by atoms with E-state index in [4.69, 9.17) is 14.4 Å². The van der Waals surface area contributed by atoms with Gasteiger partial charge >= 0.3 is 0 Å². The van der Waals surface area contributed by atoms with E-state index >= 15 is 0 Å². The molecule has 0 unspecified atom stereocenters. The summed E-state index contributed by atoms with van der Waals surface area (Å²) in [4.78, 5) is 15.0. The largest absolute Gasteiger partial charge is 0.416 e. The van der Waals surface area contributed by atoms with Crippen molar-refractivity contribution in [2.75, 3.05) is 19.8 Å². The minimum absolute atomic E-state index is 0.0696. The van der Waals surface area contributed by atoms with Gasteiger partial charge in [0.2, 0.25) is 11.8 Å². The molecule has 158 valence electrons. The molecule has 3 aromatic rings. The van der Waals surface area contributed by atoms with Crippen LogP contribution in [0.5, 0.6) is 0 Å². The number of nitrogens with zero attached hydrogens (tertiary/aromatic N) is 4. The number of nitriles is 1. The number of aryl methyl sites for hydroxylation is 1. The lowest BCUT2D eigenvalue weighted by atomic mass is 10.0. The van der Waals surface area contributed by atoms with Crippen LogP contribution in [0.2, 0.25) is 0 Å². The van der Waals surface area contributed by atoms with Crippen molar-refractivity contribution in [2.24, 2.45) is 0 Å². The first-order valence-corrected chi connectivity index (χ1v) is 10.4. The zero-order valence-corrected chi connectivity index (χ0v) is 17.5. The number of aromatic nitrogens is 2. The number of benzene rings is 2. The zero-order chi connectivity index (χ0) is 21.6. The fourth-order valence-electron chi connectivity index (χ4n) is 3.80. The summed E-state index contributed by atoms with van der Waals surface area (Å²) in [5, 5.41) is 17.3. The van der Waals surface area contributed by atoms with Crippen molar-refractivity contribution in [1.82, 2.24) is 15.1 Å². The van der Waals surface area contributed by atoms with E-state index in [2.05, 4.69) is 16.3 Å². The van der Waals surface area contributed by atoms with Crippen molar-refractivity contribution in [1.29, 1.82) is 5.26 Å². The first-order valence-electron chi connectivity index (χ1n) is 10.4. The minimum atomic E-state index is -0.0696. The smallest absolute Gasteiger partial charge is 0.254 e. The molecular formula is C24H24N4O3. The Morgan fingerprint density at radius 3 is 2.52 bits per heavy atom. The van der Waals surface area contributed by atoms with Gasteiger partial charge in [0.25, 0.3) is 5.91 Å². The topological polar surface area (TPSA) is 92.2 Å². The molecule has 31 heavy (non-hydrogen) atoms. The average molecular weight is 416 g/mol. The molecule has 1 fully saturated rings. The predicted molar refractivity (Wildman–Crippen MR) is 115 cm³/mol. The second-order valence-electron chi connectivity index (χ2n) is 7.55. The van der Waals surface area contributed by atoms with E-state index in [1.807, 2.05) is 48.2 Å². The molecule has 0 atom stereocenters. The number of amides is 1. The first-order chi connectivity index (χ1) is 15.2. The molecule has 0 bridgehead atoms. The van der Waals surface area contributed by atoms with Crippen LogP contribution < -0.4 is 0 Å². The van der Waals surface area contributed by atoms with Gasteiger partial charge in [0.15, 0.2) is 0 Å². The van der Waals surface area contributed by atoms with E-state index in [1.165, 1.54) is 0 Å². The van der Waals surface area contributed by atoms with E-state index < -0.39 is 0 Å². The van der Waals surface area contributed by atoms with Crippen molar-refractivity contribution >= 4 is 5.91 Å². The first kappa shape index (κ1) is 20.8. The van der Waals surface area contributed by atoms with Crippen molar-refractivity contribution in [3.8, 4) is 29.0 Å². The van der Waals surface area contributed by atoms with E-state index in [9.17, 15) is 4.79 Å². The van der Waals surface area contributed by atoms with Gasteiger partial charge in [0, 0.05) is 42.5 Å². The lowest BCUT2D eigenvalue weighted by Crippen LogP contribution is -2.43. The van der Waals surface area contributed by atoms with Crippen molar-refractivity contribution in [3.05, 3.63) is 59.7 Å². The Morgan fingerprint density at radius 2 is 1.81 bits per heavy atom. The average Bonchev–Trinajstić information content (AvgIpc) is 3.30. The van der Waals surface area contributed by atoms with Crippen molar-refractivity contribution in [2.45, 2.75) is 32.2 Å². The van der Waals surface area contributed by atoms with Crippen LogP contribution in [0.3, 0.4) is 0 Å². The zero-order valence-electron chi connectivity index (χ0n) is 17.5. The summed E-state index contributed by atoms with van der Waals surface area (Å²) in [6.45, 7) is 3.70. The summed E-state index contributed by atoms with van der Waals surface area (Å²) >= 11 is 0. The Bertz CT molecular complexity index is 1080. The summed E-state index contributed by atoms with van der Waals surface area (Å²) < 4.78 is 11.3. The minimum Gasteiger partial charge on any atom is -0.416 e. The molecule has 0 saturated carbocycles. The quantitative estimate of drug-likeness (QED) is 0.597. The van der Waals surface area contributed by atoms with Crippen LogP contribution in [0, 0.1) is 18.3 Å². The molecule has 1 aromatic heterocycles. The molecule has 1 aliphatic rings. The Kier molecular flexibility index (Phi) is 6.39. The highest BCUT2D eigenvalue weighted by Crippen LogP contribution is 2.26. The Balaban J connectivity index is 1.52. The molecule has 0 N–H and O–H groups in total. The third-order valence-corrected chi connectivity index (χ3v) is 5.54. The van der Waals surface area contributed by atoms with Crippen LogP contribution >= 0.6 is 0 Å². The molecule has 1 saturated heterocycles. The number of ether oxygens (including phenoxy) is 1. The maximum Gasteiger partial charge on any atom is 0.254 e. The maximum atomic E-state index is 13.1. The fourth-order valence-corrected chi connectivity index (χ4v) is 3.80. The lowest BCUT2D eigenvalue weighted by molar-refractivity contribution is 0.0296. The monoisotopic (exact) mass is 416 g/mol. The molecule has 0 aliphatic carbocycles. The summed E-state index contributed by atoms with van der Waals surface area (Å²) in [5.41, 5.74) is 3.28. The van der Waals surface area contributed by atoms with Gasteiger partial charge in [0.1, 0.15) is 0 Å². The molecule has 2 aromatic carbocycles. The molecule has 7 nitrogen and oxygen atoms in total. The molecule has 0 radical (unpaired) electrons. The second kappa shape index (κ2) is 9.54. The van der Waals surface area contributed by atoms with E-state index in [0.717, 1.165) is 29.5 Å². The van der Waals surface area contributed by atoms with Crippen LogP contribution in [0.4, 0.5) is 0 Å². The molecule has 1 amide bonds. The maximum absolute atomic E-state index is 13.1. The van der Waals surface area contributed by atoms with Crippen LogP contribution in [-0.2, 0) is 4.74 Å². The van der Waals surface area contributed by atoms with Gasteiger partial charge in [-0.05, 0) is 55.7 Å². The third kappa shape index (κ3) is 4.65. The summed E-state index contributed by atoms with van der Waals surface area (Å²) in [5.74, 6) is 0.804. The predicted octanol–water partition coefficient (Wildman–Crippen LogP) is 4.25. The summed E-state index contributed by atoms with van der Waals surface area (Å²) in [6.07, 6.45) is 1.89. The van der Waals surface area contributed by atoms with Crippen LogP contribution in [0.25, 0.3) is 22.9 Å². The molecule has 1 aliphatic heterocycles. The van der Waals surface area contributed by atoms with Gasteiger partial charge in [0.05, 0.1) is 12.5 Å². The number of hydrogen-bond donors (Lipinski definition) is 0. The standard InChI is InChI=1S/C24H24N4O3/c1-17-5-2-3-6-21(17)23-27-26-22(31-23)18-7-9-19(10-8-18)24(29)28(14-4-13-25)20-11-15-30-16-12-20/h2-3,5-10,20H,4,11-12,14-16H2,1H3. The normalized spacial score (nSPS) is 14.2. The van der Waals surface area contributed by atoms with Crippen LogP contribution in [-0.4, -0.2) is 46.8 Å². The highest BCUT2D eigenvalue weighted by Gasteiger charge is 2.26. The Hall–Kier alpha value is -3.50. The van der Waals surface area contributed by atoms with Gasteiger partial charge in [-0.25, -0.2) is 0 Å². The highest BCUT2D eigenvalue weighted by molar-refractivity contribution is 5.94. The van der Waals surface area contributed by atoms with Gasteiger partial charge in [-0.1, -0.05) is 18.2 Å². The number of rotatable bonds is 6. The fraction of sp³-hybridized carbons (Fsp3) is 0.333. The van der Waals surface area contributed by atoms with Gasteiger partial charge < -0.3 is 14.1 Å². The molecule has 4 rings (SSSR count). The number of carbonyl (C=O) groups excluding carboxylic acids is 1. The van der Waals surface area contributed by atoms with Crippen LogP contribution in [0.15, 0.2) is 52.9 Å².